The van der Waals surface area contributed by atoms with E-state index in [1.54, 1.807) is 0 Å². The van der Waals surface area contributed by atoms with Crippen molar-refractivity contribution in [1.82, 2.24) is 10.2 Å². The van der Waals surface area contributed by atoms with E-state index < -0.39 is 12.0 Å². The van der Waals surface area contributed by atoms with Gasteiger partial charge in [0.25, 0.3) is 0 Å². The summed E-state index contributed by atoms with van der Waals surface area (Å²) in [7, 11) is 0. The van der Waals surface area contributed by atoms with Crippen molar-refractivity contribution in [3.8, 4) is 5.75 Å². The Morgan fingerprint density at radius 2 is 2.24 bits per heavy atom. The van der Waals surface area contributed by atoms with Crippen LogP contribution in [0.25, 0.3) is 0 Å². The van der Waals surface area contributed by atoms with Gasteiger partial charge in [-0.25, -0.2) is 0 Å². The molecule has 1 saturated heterocycles. The van der Waals surface area contributed by atoms with Gasteiger partial charge < -0.3 is 15.2 Å². The summed E-state index contributed by atoms with van der Waals surface area (Å²) in [6.45, 7) is 7.66. The summed E-state index contributed by atoms with van der Waals surface area (Å²) in [5, 5.41) is 12.3. The number of benzene rings is 1. The number of carboxylic acid groups (broad SMARTS) is 1. The molecule has 116 valence electrons. The first-order valence-electron chi connectivity index (χ1n) is 7.45. The average Bonchev–Trinajstić information content (AvgIpc) is 2.47. The highest BCUT2D eigenvalue weighted by Crippen LogP contribution is 2.16. The Kier molecular flexibility index (Phi) is 5.59. The van der Waals surface area contributed by atoms with Gasteiger partial charge in [0.1, 0.15) is 11.8 Å². The third kappa shape index (κ3) is 4.44. The number of carboxylic acids is 1. The van der Waals surface area contributed by atoms with Crippen molar-refractivity contribution < 1.29 is 14.6 Å². The Morgan fingerprint density at radius 1 is 1.43 bits per heavy atom. The molecule has 1 aliphatic heterocycles. The van der Waals surface area contributed by atoms with Crippen molar-refractivity contribution in [2.75, 3.05) is 32.8 Å². The second-order valence-electron chi connectivity index (χ2n) is 5.54. The van der Waals surface area contributed by atoms with Gasteiger partial charge in [-0.15, -0.1) is 0 Å². The summed E-state index contributed by atoms with van der Waals surface area (Å²) in [6.07, 6.45) is 0.830. The highest BCUT2D eigenvalue weighted by atomic mass is 16.5. The molecular formula is C16H24N2O3. The first kappa shape index (κ1) is 15.8. The van der Waals surface area contributed by atoms with Crippen LogP contribution >= 0.6 is 0 Å². The monoisotopic (exact) mass is 292 g/mol. The van der Waals surface area contributed by atoms with E-state index in [4.69, 9.17) is 4.74 Å². The van der Waals surface area contributed by atoms with Crippen molar-refractivity contribution in [2.45, 2.75) is 26.3 Å². The summed E-state index contributed by atoms with van der Waals surface area (Å²) in [5.74, 6) is 0.130. The molecule has 0 saturated carbocycles. The molecule has 21 heavy (non-hydrogen) atoms. The van der Waals surface area contributed by atoms with Gasteiger partial charge in [0.15, 0.2) is 0 Å². The normalized spacial score (nSPS) is 19.4. The molecule has 5 heteroatoms. The zero-order valence-electron chi connectivity index (χ0n) is 12.8. The number of nitrogens with one attached hydrogen (secondary N) is 1. The van der Waals surface area contributed by atoms with E-state index >= 15 is 0 Å². The first-order valence-corrected chi connectivity index (χ1v) is 7.45. The van der Waals surface area contributed by atoms with Gasteiger partial charge in [-0.1, -0.05) is 6.07 Å². The lowest BCUT2D eigenvalue weighted by atomic mass is 10.1. The first-order chi connectivity index (χ1) is 10.1. The highest BCUT2D eigenvalue weighted by molar-refractivity contribution is 5.73. The number of ether oxygens (including phenoxy) is 1. The Morgan fingerprint density at radius 3 is 2.95 bits per heavy atom. The average molecular weight is 292 g/mol. The van der Waals surface area contributed by atoms with Gasteiger partial charge in [-0.2, -0.15) is 0 Å². The van der Waals surface area contributed by atoms with Crippen LogP contribution < -0.4 is 10.1 Å². The predicted molar refractivity (Wildman–Crippen MR) is 81.9 cm³/mol. The van der Waals surface area contributed by atoms with Crippen LogP contribution in [0.4, 0.5) is 0 Å². The molecule has 0 aromatic heterocycles. The molecule has 1 fully saturated rings. The van der Waals surface area contributed by atoms with Crippen LogP contribution in [0.3, 0.4) is 0 Å². The molecule has 1 aromatic carbocycles. The van der Waals surface area contributed by atoms with E-state index in [-0.39, 0.29) is 0 Å². The van der Waals surface area contributed by atoms with E-state index in [0.29, 0.717) is 13.2 Å². The molecule has 0 spiro atoms. The molecule has 5 nitrogen and oxygen atoms in total. The third-order valence-electron chi connectivity index (χ3n) is 3.98. The van der Waals surface area contributed by atoms with Gasteiger partial charge in [0.2, 0.25) is 0 Å². The highest BCUT2D eigenvalue weighted by Gasteiger charge is 2.27. The van der Waals surface area contributed by atoms with Crippen LogP contribution in [0.5, 0.6) is 5.75 Å². The van der Waals surface area contributed by atoms with Crippen LogP contribution in [0, 0.1) is 13.8 Å². The summed E-state index contributed by atoms with van der Waals surface area (Å²) >= 11 is 0. The Labute approximate surface area is 125 Å². The van der Waals surface area contributed by atoms with Crippen LogP contribution in [0.1, 0.15) is 17.5 Å². The number of aryl methyl sites for hydroxylation is 2. The molecule has 1 heterocycles. The minimum atomic E-state index is -0.753. The lowest BCUT2D eigenvalue weighted by Gasteiger charge is -2.33. The molecular weight excluding hydrogens is 268 g/mol. The molecule has 1 unspecified atom stereocenters. The quantitative estimate of drug-likeness (QED) is 0.777. The number of piperazine rings is 1. The fraction of sp³-hybridized carbons (Fsp3) is 0.562. The molecule has 1 aliphatic rings. The fourth-order valence-corrected chi connectivity index (χ4v) is 2.52. The van der Waals surface area contributed by atoms with Gasteiger partial charge in [0, 0.05) is 26.2 Å². The maximum Gasteiger partial charge on any atom is 0.322 e. The summed E-state index contributed by atoms with van der Waals surface area (Å²) in [5.41, 5.74) is 2.48. The topological polar surface area (TPSA) is 61.8 Å². The van der Waals surface area contributed by atoms with Crippen LogP contribution in [-0.4, -0.2) is 54.8 Å². The molecule has 1 aromatic rings. The summed E-state index contributed by atoms with van der Waals surface area (Å²) in [6, 6.07) is 5.66. The fourth-order valence-electron chi connectivity index (χ4n) is 2.52. The van der Waals surface area contributed by atoms with Gasteiger partial charge >= 0.3 is 5.97 Å². The van der Waals surface area contributed by atoms with Crippen molar-refractivity contribution in [2.24, 2.45) is 0 Å². The number of aliphatic carboxylic acids is 1. The standard InChI is InChI=1S/C16H24N2O3/c1-12-4-5-14(10-13(12)2)21-9-3-7-18-8-6-17-11-15(18)16(19)20/h4-5,10,15,17H,3,6-9,11H2,1-2H3,(H,19,20). The van der Waals surface area contributed by atoms with Crippen LogP contribution in [0.15, 0.2) is 18.2 Å². The molecule has 0 amide bonds. The summed E-state index contributed by atoms with van der Waals surface area (Å²) < 4.78 is 5.74. The van der Waals surface area contributed by atoms with Gasteiger partial charge in [-0.05, 0) is 43.5 Å². The lowest BCUT2D eigenvalue weighted by molar-refractivity contribution is -0.144. The maximum atomic E-state index is 11.2. The van der Waals surface area contributed by atoms with Crippen LogP contribution in [0.2, 0.25) is 0 Å². The van der Waals surface area contributed by atoms with Crippen molar-refractivity contribution in [3.63, 3.8) is 0 Å². The molecule has 2 rings (SSSR count). The zero-order valence-corrected chi connectivity index (χ0v) is 12.8. The Hall–Kier alpha value is -1.59. The Balaban J connectivity index is 1.75. The summed E-state index contributed by atoms with van der Waals surface area (Å²) in [4.78, 5) is 13.2. The minimum absolute atomic E-state index is 0.416. The van der Waals surface area contributed by atoms with E-state index in [1.165, 1.54) is 11.1 Å². The smallest absolute Gasteiger partial charge is 0.322 e. The SMILES string of the molecule is Cc1ccc(OCCCN2CCNCC2C(=O)O)cc1C. The number of rotatable bonds is 6. The van der Waals surface area contributed by atoms with Gasteiger partial charge in [-0.3, -0.25) is 9.69 Å². The minimum Gasteiger partial charge on any atom is -0.494 e. The third-order valence-corrected chi connectivity index (χ3v) is 3.98. The van der Waals surface area contributed by atoms with Crippen molar-refractivity contribution >= 4 is 5.97 Å². The second kappa shape index (κ2) is 7.43. The molecule has 0 aliphatic carbocycles. The maximum absolute atomic E-state index is 11.2. The molecule has 0 bridgehead atoms. The number of hydrogen-bond donors (Lipinski definition) is 2. The predicted octanol–water partition coefficient (Wildman–Crippen LogP) is 1.43. The van der Waals surface area contributed by atoms with Crippen LogP contribution in [-0.2, 0) is 4.79 Å². The largest absolute Gasteiger partial charge is 0.494 e. The van der Waals surface area contributed by atoms with Gasteiger partial charge in [0.05, 0.1) is 6.61 Å². The molecule has 2 N–H and O–H groups in total. The van der Waals surface area contributed by atoms with E-state index in [0.717, 1.165) is 31.8 Å². The molecule has 0 radical (unpaired) electrons. The number of nitrogens with zero attached hydrogens (tertiary/aromatic N) is 1. The van der Waals surface area contributed by atoms with E-state index in [9.17, 15) is 9.90 Å². The van der Waals surface area contributed by atoms with Crippen molar-refractivity contribution in [3.05, 3.63) is 29.3 Å². The molecule has 1 atom stereocenters. The number of carbonyl (C=O) groups is 1. The van der Waals surface area contributed by atoms with E-state index in [1.807, 2.05) is 17.0 Å². The number of hydrogen-bond acceptors (Lipinski definition) is 4. The van der Waals surface area contributed by atoms with E-state index in [2.05, 4.69) is 25.2 Å². The van der Waals surface area contributed by atoms with Crippen molar-refractivity contribution in [1.29, 1.82) is 0 Å². The second-order valence-corrected chi connectivity index (χ2v) is 5.54. The lowest BCUT2D eigenvalue weighted by Crippen LogP contribution is -2.55. The zero-order chi connectivity index (χ0) is 15.2. The Bertz CT molecular complexity index is 490.